The summed E-state index contributed by atoms with van der Waals surface area (Å²) in [4.78, 5) is 8.06. The Bertz CT molecular complexity index is 329. The molecule has 0 spiro atoms. The van der Waals surface area contributed by atoms with Crippen LogP contribution in [-0.4, -0.2) is 9.97 Å². The Balaban J connectivity index is 3.16. The van der Waals surface area contributed by atoms with Gasteiger partial charge in [-0.05, 0) is 11.6 Å². The van der Waals surface area contributed by atoms with Gasteiger partial charge in [0.15, 0.2) is 0 Å². The number of halogens is 1. The summed E-state index contributed by atoms with van der Waals surface area (Å²) in [6.45, 7) is 7.25. The van der Waals surface area contributed by atoms with Crippen LogP contribution in [0.4, 0.5) is 5.69 Å². The molecule has 0 saturated carbocycles. The summed E-state index contributed by atoms with van der Waals surface area (Å²) < 4.78 is 0. The summed E-state index contributed by atoms with van der Waals surface area (Å²) in [6.07, 6.45) is 4.65. The van der Waals surface area contributed by atoms with Crippen molar-refractivity contribution >= 4 is 17.3 Å². The minimum atomic E-state index is 0.216. The molecule has 1 aromatic heterocycles. The van der Waals surface area contributed by atoms with E-state index in [0.717, 1.165) is 11.4 Å². The molecule has 4 heteroatoms. The second-order valence-electron chi connectivity index (χ2n) is 2.79. The Labute approximate surface area is 88.3 Å². The maximum atomic E-state index is 5.85. The molecule has 1 aromatic rings. The van der Waals surface area contributed by atoms with Crippen molar-refractivity contribution in [3.63, 3.8) is 0 Å². The van der Waals surface area contributed by atoms with Crippen LogP contribution in [0, 0.1) is 0 Å². The van der Waals surface area contributed by atoms with Gasteiger partial charge in [0.2, 0.25) is 5.28 Å². The van der Waals surface area contributed by atoms with Gasteiger partial charge in [0.05, 0.1) is 17.1 Å². The van der Waals surface area contributed by atoms with Crippen LogP contribution in [0.25, 0.3) is 0 Å². The highest BCUT2D eigenvalue weighted by molar-refractivity contribution is 6.28. The molecule has 3 nitrogen and oxygen atoms in total. The number of nitrogen functional groups attached to an aromatic ring is 1. The highest BCUT2D eigenvalue weighted by atomic mass is 35.5. The smallest absolute Gasteiger partial charge is 0.222 e. The predicted octanol–water partition coefficient (Wildman–Crippen LogP) is 2.17. The molecule has 0 atom stereocenters. The Kier molecular flexibility index (Phi) is 3.65. The molecular formula is C10H12ClN3. The predicted molar refractivity (Wildman–Crippen MR) is 59.3 cm³/mol. The number of allylic oxidation sites excluding steroid dienone is 2. The summed E-state index contributed by atoms with van der Waals surface area (Å²) in [5.74, 6) is 0. The zero-order chi connectivity index (χ0) is 10.6. The number of anilines is 1. The lowest BCUT2D eigenvalue weighted by Crippen LogP contribution is -2.05. The molecule has 0 aromatic carbocycles. The summed E-state index contributed by atoms with van der Waals surface area (Å²) in [6, 6.07) is 0. The van der Waals surface area contributed by atoms with Crippen molar-refractivity contribution in [2.45, 2.75) is 12.8 Å². The van der Waals surface area contributed by atoms with Crippen LogP contribution < -0.4 is 5.73 Å². The molecule has 0 radical (unpaired) electrons. The van der Waals surface area contributed by atoms with Crippen LogP contribution >= 0.6 is 11.6 Å². The van der Waals surface area contributed by atoms with Crippen molar-refractivity contribution in [1.82, 2.24) is 9.97 Å². The molecule has 1 heterocycles. The third-order valence-corrected chi connectivity index (χ3v) is 1.92. The van der Waals surface area contributed by atoms with E-state index in [1.807, 2.05) is 0 Å². The van der Waals surface area contributed by atoms with Crippen LogP contribution in [-0.2, 0) is 12.8 Å². The van der Waals surface area contributed by atoms with E-state index in [9.17, 15) is 0 Å². The molecule has 2 N–H and O–H groups in total. The Morgan fingerprint density at radius 1 is 1.14 bits per heavy atom. The van der Waals surface area contributed by atoms with Crippen molar-refractivity contribution < 1.29 is 0 Å². The third-order valence-electron chi connectivity index (χ3n) is 1.75. The topological polar surface area (TPSA) is 51.8 Å². The SMILES string of the molecule is C=CCc1nc(Cl)nc(CC=C)c1N. The van der Waals surface area contributed by atoms with Crippen molar-refractivity contribution in [3.05, 3.63) is 42.0 Å². The number of nitrogens with zero attached hydrogens (tertiary/aromatic N) is 2. The van der Waals surface area contributed by atoms with E-state index in [0.29, 0.717) is 18.5 Å². The van der Waals surface area contributed by atoms with E-state index in [2.05, 4.69) is 23.1 Å². The first kappa shape index (κ1) is 10.7. The monoisotopic (exact) mass is 209 g/mol. The number of hydrogen-bond donors (Lipinski definition) is 1. The second-order valence-corrected chi connectivity index (χ2v) is 3.12. The van der Waals surface area contributed by atoms with Crippen molar-refractivity contribution in [2.24, 2.45) is 0 Å². The van der Waals surface area contributed by atoms with Crippen molar-refractivity contribution in [3.8, 4) is 0 Å². The molecule has 0 aliphatic heterocycles. The molecule has 0 aliphatic carbocycles. The van der Waals surface area contributed by atoms with Crippen LogP contribution in [0.2, 0.25) is 5.28 Å². The van der Waals surface area contributed by atoms with Crippen molar-refractivity contribution in [2.75, 3.05) is 5.73 Å². The highest BCUT2D eigenvalue weighted by Gasteiger charge is 2.08. The van der Waals surface area contributed by atoms with Crippen LogP contribution in [0.15, 0.2) is 25.3 Å². The fraction of sp³-hybridized carbons (Fsp3) is 0.200. The zero-order valence-electron chi connectivity index (χ0n) is 7.83. The van der Waals surface area contributed by atoms with Gasteiger partial charge in [-0.3, -0.25) is 0 Å². The minimum absolute atomic E-state index is 0.216. The van der Waals surface area contributed by atoms with Gasteiger partial charge in [-0.1, -0.05) is 12.2 Å². The summed E-state index contributed by atoms with van der Waals surface area (Å²) in [7, 11) is 0. The highest BCUT2D eigenvalue weighted by Crippen LogP contribution is 2.18. The van der Waals surface area contributed by atoms with Crippen LogP contribution in [0.1, 0.15) is 11.4 Å². The molecule has 0 bridgehead atoms. The average Bonchev–Trinajstić information content (AvgIpc) is 2.14. The van der Waals surface area contributed by atoms with E-state index in [-0.39, 0.29) is 5.28 Å². The normalized spacial score (nSPS) is 9.79. The molecule has 0 amide bonds. The van der Waals surface area contributed by atoms with E-state index in [4.69, 9.17) is 17.3 Å². The molecule has 74 valence electrons. The maximum absolute atomic E-state index is 5.85. The van der Waals surface area contributed by atoms with Gasteiger partial charge in [-0.25, -0.2) is 9.97 Å². The molecule has 0 aliphatic rings. The lowest BCUT2D eigenvalue weighted by atomic mass is 10.2. The Hall–Kier alpha value is -1.35. The molecule has 14 heavy (non-hydrogen) atoms. The molecule has 0 fully saturated rings. The standard InChI is InChI=1S/C10H12ClN3/c1-3-5-7-9(12)8(6-4-2)14-10(11)13-7/h3-4H,1-2,5-6,12H2. The maximum Gasteiger partial charge on any atom is 0.222 e. The number of nitrogens with two attached hydrogens (primary N) is 1. The zero-order valence-corrected chi connectivity index (χ0v) is 8.59. The van der Waals surface area contributed by atoms with Gasteiger partial charge in [0.1, 0.15) is 0 Å². The minimum Gasteiger partial charge on any atom is -0.396 e. The van der Waals surface area contributed by atoms with Gasteiger partial charge in [0.25, 0.3) is 0 Å². The fourth-order valence-electron chi connectivity index (χ4n) is 1.12. The quantitative estimate of drug-likeness (QED) is 0.611. The van der Waals surface area contributed by atoms with Gasteiger partial charge in [-0.15, -0.1) is 13.2 Å². The largest absolute Gasteiger partial charge is 0.396 e. The Morgan fingerprint density at radius 2 is 1.57 bits per heavy atom. The third kappa shape index (κ3) is 2.33. The molecule has 1 rings (SSSR count). The van der Waals surface area contributed by atoms with E-state index in [1.54, 1.807) is 12.2 Å². The molecule has 0 unspecified atom stereocenters. The van der Waals surface area contributed by atoms with Crippen LogP contribution in [0.3, 0.4) is 0 Å². The van der Waals surface area contributed by atoms with Crippen LogP contribution in [0.5, 0.6) is 0 Å². The van der Waals surface area contributed by atoms with E-state index < -0.39 is 0 Å². The summed E-state index contributed by atoms with van der Waals surface area (Å²) >= 11 is 5.75. The Morgan fingerprint density at radius 3 is 1.93 bits per heavy atom. The van der Waals surface area contributed by atoms with Gasteiger partial charge >= 0.3 is 0 Å². The van der Waals surface area contributed by atoms with Crippen molar-refractivity contribution in [1.29, 1.82) is 0 Å². The summed E-state index contributed by atoms with van der Waals surface area (Å²) in [5, 5.41) is 0.216. The number of hydrogen-bond acceptors (Lipinski definition) is 3. The lowest BCUT2D eigenvalue weighted by Gasteiger charge is -2.06. The summed E-state index contributed by atoms with van der Waals surface area (Å²) in [5.41, 5.74) is 7.86. The molecular weight excluding hydrogens is 198 g/mol. The second kappa shape index (κ2) is 4.77. The fourth-order valence-corrected chi connectivity index (χ4v) is 1.32. The first-order valence-electron chi connectivity index (χ1n) is 4.21. The van der Waals surface area contributed by atoms with Gasteiger partial charge in [0, 0.05) is 12.8 Å². The van der Waals surface area contributed by atoms with E-state index >= 15 is 0 Å². The first-order chi connectivity index (χ1) is 6.69. The first-order valence-corrected chi connectivity index (χ1v) is 4.59. The molecule has 0 saturated heterocycles. The number of rotatable bonds is 4. The van der Waals surface area contributed by atoms with Gasteiger partial charge < -0.3 is 5.73 Å². The average molecular weight is 210 g/mol. The van der Waals surface area contributed by atoms with Gasteiger partial charge in [-0.2, -0.15) is 0 Å². The lowest BCUT2D eigenvalue weighted by molar-refractivity contribution is 0.998. The van der Waals surface area contributed by atoms with E-state index in [1.165, 1.54) is 0 Å². The number of aromatic nitrogens is 2.